The summed E-state index contributed by atoms with van der Waals surface area (Å²) in [6, 6.07) is 2.99. The number of rotatable bonds is 3. The minimum absolute atomic E-state index is 0.0355. The molecule has 0 aromatic heterocycles. The molecule has 1 aliphatic heterocycles. The molecule has 0 saturated carbocycles. The molecule has 8 heteroatoms. The highest BCUT2D eigenvalue weighted by Gasteiger charge is 2.23. The molecule has 1 fully saturated rings. The van der Waals surface area contributed by atoms with Crippen LogP contribution in [0.25, 0.3) is 0 Å². The van der Waals surface area contributed by atoms with Gasteiger partial charge < -0.3 is 10.1 Å². The Bertz CT molecular complexity index is 654. The number of primary sulfonamides is 1. The summed E-state index contributed by atoms with van der Waals surface area (Å²) >= 11 is 3.26. The van der Waals surface area contributed by atoms with Gasteiger partial charge in [-0.05, 0) is 53.4 Å². The molecule has 1 atom stereocenters. The van der Waals surface area contributed by atoms with Crippen LogP contribution in [0.5, 0.6) is 0 Å². The summed E-state index contributed by atoms with van der Waals surface area (Å²) in [6.07, 6.45) is 1.65. The number of amides is 1. The van der Waals surface area contributed by atoms with E-state index in [1.165, 1.54) is 6.07 Å². The summed E-state index contributed by atoms with van der Waals surface area (Å²) in [7, 11) is -3.78. The zero-order valence-electron chi connectivity index (χ0n) is 11.6. The second kappa shape index (κ2) is 6.43. The Balaban J connectivity index is 2.21. The third-order valence-electron chi connectivity index (χ3n) is 3.36. The standard InChI is InChI=1S/C13H17BrN2O4S/c1-8-5-11(10(14)6-12(8)21(15,18)19)16-13(17)9-3-2-4-20-7-9/h5-6,9H,2-4,7H2,1H3,(H,16,17)(H2,15,18,19). The van der Waals surface area contributed by atoms with Crippen LogP contribution in [-0.4, -0.2) is 27.5 Å². The number of carbonyl (C=O) groups is 1. The maximum atomic E-state index is 12.2. The van der Waals surface area contributed by atoms with Crippen molar-refractivity contribution in [2.24, 2.45) is 11.1 Å². The number of ether oxygens (including phenoxy) is 1. The molecule has 1 unspecified atom stereocenters. The molecule has 1 heterocycles. The molecule has 0 aliphatic carbocycles. The SMILES string of the molecule is Cc1cc(NC(=O)C2CCCOC2)c(Br)cc1S(N)(=O)=O. The van der Waals surface area contributed by atoms with Crippen molar-refractivity contribution in [3.05, 3.63) is 22.2 Å². The quantitative estimate of drug-likeness (QED) is 0.839. The number of hydrogen-bond donors (Lipinski definition) is 2. The Morgan fingerprint density at radius 2 is 2.19 bits per heavy atom. The van der Waals surface area contributed by atoms with Gasteiger partial charge in [-0.2, -0.15) is 0 Å². The Kier molecular flexibility index (Phi) is 5.03. The van der Waals surface area contributed by atoms with Gasteiger partial charge in [0, 0.05) is 11.1 Å². The number of hydrogen-bond acceptors (Lipinski definition) is 4. The Labute approximate surface area is 132 Å². The fourth-order valence-electron chi connectivity index (χ4n) is 2.25. The van der Waals surface area contributed by atoms with E-state index in [2.05, 4.69) is 21.2 Å². The fourth-order valence-corrected chi connectivity index (χ4v) is 3.63. The Hall–Kier alpha value is -0.960. The number of benzene rings is 1. The highest BCUT2D eigenvalue weighted by Crippen LogP contribution is 2.29. The number of anilines is 1. The molecule has 0 bridgehead atoms. The largest absolute Gasteiger partial charge is 0.381 e. The zero-order chi connectivity index (χ0) is 15.6. The molecule has 116 valence electrons. The molecule has 1 saturated heterocycles. The van der Waals surface area contributed by atoms with E-state index in [9.17, 15) is 13.2 Å². The van der Waals surface area contributed by atoms with Gasteiger partial charge in [-0.3, -0.25) is 4.79 Å². The summed E-state index contributed by atoms with van der Waals surface area (Å²) in [5.41, 5.74) is 1.01. The molecule has 3 N–H and O–H groups in total. The Morgan fingerprint density at radius 1 is 1.48 bits per heavy atom. The predicted octanol–water partition coefficient (Wildman–Crippen LogP) is 1.77. The maximum absolute atomic E-state index is 12.2. The summed E-state index contributed by atoms with van der Waals surface area (Å²) in [4.78, 5) is 12.2. The van der Waals surface area contributed by atoms with Crippen LogP contribution < -0.4 is 10.5 Å². The van der Waals surface area contributed by atoms with Crippen LogP contribution in [0.15, 0.2) is 21.5 Å². The second-order valence-corrected chi connectivity index (χ2v) is 7.43. The zero-order valence-corrected chi connectivity index (χ0v) is 14.0. The van der Waals surface area contributed by atoms with Crippen LogP contribution in [0.1, 0.15) is 18.4 Å². The molecule has 1 amide bonds. The minimum atomic E-state index is -3.78. The third kappa shape index (κ3) is 4.03. The van der Waals surface area contributed by atoms with Crippen molar-refractivity contribution in [1.82, 2.24) is 0 Å². The summed E-state index contributed by atoms with van der Waals surface area (Å²) < 4.78 is 28.6. The second-order valence-electron chi connectivity index (χ2n) is 5.05. The summed E-state index contributed by atoms with van der Waals surface area (Å²) in [6.45, 7) is 2.74. The van der Waals surface area contributed by atoms with Crippen molar-refractivity contribution < 1.29 is 17.9 Å². The van der Waals surface area contributed by atoms with E-state index in [0.29, 0.717) is 28.9 Å². The molecule has 1 aliphatic rings. The lowest BCUT2D eigenvalue weighted by Crippen LogP contribution is -2.30. The van der Waals surface area contributed by atoms with E-state index in [1.807, 2.05) is 0 Å². The van der Waals surface area contributed by atoms with E-state index in [1.54, 1.807) is 13.0 Å². The number of carbonyl (C=O) groups excluding carboxylic acids is 1. The lowest BCUT2D eigenvalue weighted by atomic mass is 10.0. The average molecular weight is 377 g/mol. The average Bonchev–Trinajstić information content (AvgIpc) is 2.42. The first-order valence-corrected chi connectivity index (χ1v) is 8.84. The van der Waals surface area contributed by atoms with Gasteiger partial charge in [0.25, 0.3) is 0 Å². The minimum Gasteiger partial charge on any atom is -0.381 e. The Morgan fingerprint density at radius 3 is 2.76 bits per heavy atom. The molecular weight excluding hydrogens is 360 g/mol. The van der Waals surface area contributed by atoms with Gasteiger partial charge in [0.15, 0.2) is 0 Å². The molecule has 2 rings (SSSR count). The first-order valence-electron chi connectivity index (χ1n) is 6.50. The summed E-state index contributed by atoms with van der Waals surface area (Å²) in [5, 5.41) is 7.94. The third-order valence-corrected chi connectivity index (χ3v) is 5.07. The van der Waals surface area contributed by atoms with Crippen molar-refractivity contribution in [2.75, 3.05) is 18.5 Å². The highest BCUT2D eigenvalue weighted by molar-refractivity contribution is 9.10. The first kappa shape index (κ1) is 16.4. The summed E-state index contributed by atoms with van der Waals surface area (Å²) in [5.74, 6) is -0.304. The molecule has 6 nitrogen and oxygen atoms in total. The molecule has 0 spiro atoms. The van der Waals surface area contributed by atoms with E-state index >= 15 is 0 Å². The van der Waals surface area contributed by atoms with Crippen molar-refractivity contribution in [1.29, 1.82) is 0 Å². The number of nitrogens with one attached hydrogen (secondary N) is 1. The van der Waals surface area contributed by atoms with E-state index in [4.69, 9.17) is 9.88 Å². The topological polar surface area (TPSA) is 98.5 Å². The first-order chi connectivity index (χ1) is 9.79. The van der Waals surface area contributed by atoms with E-state index in [-0.39, 0.29) is 16.7 Å². The van der Waals surface area contributed by atoms with Crippen molar-refractivity contribution in [2.45, 2.75) is 24.7 Å². The van der Waals surface area contributed by atoms with Crippen molar-refractivity contribution >= 4 is 37.5 Å². The number of sulfonamides is 1. The molecule has 0 radical (unpaired) electrons. The van der Waals surface area contributed by atoms with Gasteiger partial charge in [-0.25, -0.2) is 13.6 Å². The van der Waals surface area contributed by atoms with Crippen LogP contribution in [0, 0.1) is 12.8 Å². The van der Waals surface area contributed by atoms with Crippen LogP contribution >= 0.6 is 15.9 Å². The molecule has 21 heavy (non-hydrogen) atoms. The number of aryl methyl sites for hydroxylation is 1. The van der Waals surface area contributed by atoms with E-state index in [0.717, 1.165) is 12.8 Å². The molecule has 1 aromatic carbocycles. The van der Waals surface area contributed by atoms with Gasteiger partial charge in [0.1, 0.15) is 0 Å². The number of nitrogens with two attached hydrogens (primary N) is 1. The molecule has 1 aromatic rings. The van der Waals surface area contributed by atoms with Crippen LogP contribution in [0.3, 0.4) is 0 Å². The van der Waals surface area contributed by atoms with Crippen molar-refractivity contribution in [3.63, 3.8) is 0 Å². The monoisotopic (exact) mass is 376 g/mol. The highest BCUT2D eigenvalue weighted by atomic mass is 79.9. The predicted molar refractivity (Wildman–Crippen MR) is 82.4 cm³/mol. The van der Waals surface area contributed by atoms with Gasteiger partial charge in [-0.1, -0.05) is 0 Å². The lowest BCUT2D eigenvalue weighted by Gasteiger charge is -2.21. The van der Waals surface area contributed by atoms with Crippen LogP contribution in [0.4, 0.5) is 5.69 Å². The van der Waals surface area contributed by atoms with Crippen LogP contribution in [0.2, 0.25) is 0 Å². The smallest absolute Gasteiger partial charge is 0.238 e. The maximum Gasteiger partial charge on any atom is 0.238 e. The van der Waals surface area contributed by atoms with Crippen LogP contribution in [-0.2, 0) is 19.6 Å². The van der Waals surface area contributed by atoms with E-state index < -0.39 is 10.0 Å². The molecular formula is C13H17BrN2O4S. The van der Waals surface area contributed by atoms with Gasteiger partial charge >= 0.3 is 0 Å². The van der Waals surface area contributed by atoms with Gasteiger partial charge in [0.2, 0.25) is 15.9 Å². The normalized spacial score (nSPS) is 19.3. The van der Waals surface area contributed by atoms with Crippen molar-refractivity contribution in [3.8, 4) is 0 Å². The number of halogens is 1. The van der Waals surface area contributed by atoms with Gasteiger partial charge in [0.05, 0.1) is 23.1 Å². The lowest BCUT2D eigenvalue weighted by molar-refractivity contribution is -0.123. The van der Waals surface area contributed by atoms with Gasteiger partial charge in [-0.15, -0.1) is 0 Å². The fraction of sp³-hybridized carbons (Fsp3) is 0.462.